The van der Waals surface area contributed by atoms with Crippen LogP contribution in [0.5, 0.6) is 28.7 Å². The van der Waals surface area contributed by atoms with Gasteiger partial charge in [-0.3, -0.25) is 4.99 Å². The number of methoxy groups -OCH3 is 4. The van der Waals surface area contributed by atoms with Crippen LogP contribution in [0.25, 0.3) is 11.1 Å². The summed E-state index contributed by atoms with van der Waals surface area (Å²) < 4.78 is 29.8. The van der Waals surface area contributed by atoms with E-state index in [1.807, 2.05) is 6.07 Å². The van der Waals surface area contributed by atoms with Crippen LogP contribution in [-0.4, -0.2) is 49.0 Å². The van der Waals surface area contributed by atoms with Gasteiger partial charge in [0.2, 0.25) is 5.75 Å². The maximum absolute atomic E-state index is 6.68. The second kappa shape index (κ2) is 7.73. The topological polar surface area (TPSA) is 58.5 Å². The molecule has 172 valence electrons. The predicted octanol–water partition coefficient (Wildman–Crippen LogP) is 5.48. The fourth-order valence-electron chi connectivity index (χ4n) is 4.29. The Bertz CT molecular complexity index is 1110. The summed E-state index contributed by atoms with van der Waals surface area (Å²) >= 11 is 0. The molecule has 2 aliphatic rings. The smallest absolute Gasteiger partial charge is 0.250 e. The lowest BCUT2D eigenvalue weighted by molar-refractivity contribution is 0.323. The Hall–Kier alpha value is -2.67. The number of ether oxygens (including phenoxy) is 4. The van der Waals surface area contributed by atoms with Crippen molar-refractivity contribution in [3.63, 3.8) is 0 Å². The molecule has 32 heavy (non-hydrogen) atoms. The summed E-state index contributed by atoms with van der Waals surface area (Å²) in [5, 5.41) is 0.0689. The maximum Gasteiger partial charge on any atom is 0.250 e. The standard InChI is InChI=1S/C25H33NO5Si/c1-25(2,3)32(8,9)31-18-13-16-15(12-17(18)27-4)20-19-14(10-11-26-21(16)19)22(28-5)24(30-7)23(20)29-6/h12-13H,10-11H2,1-9H3. The molecule has 0 unspecified atom stereocenters. The lowest BCUT2D eigenvalue weighted by Gasteiger charge is -2.37. The Morgan fingerprint density at radius 3 is 1.97 bits per heavy atom. The summed E-state index contributed by atoms with van der Waals surface area (Å²) in [7, 11) is 4.58. The average molecular weight is 456 g/mol. The first-order chi connectivity index (χ1) is 15.1. The van der Waals surface area contributed by atoms with Gasteiger partial charge in [-0.2, -0.15) is 0 Å². The first kappa shape index (κ1) is 22.5. The molecule has 1 aliphatic carbocycles. The van der Waals surface area contributed by atoms with Crippen LogP contribution >= 0.6 is 0 Å². The number of benzene rings is 2. The molecule has 1 aliphatic heterocycles. The molecular weight excluding hydrogens is 422 g/mol. The maximum atomic E-state index is 6.68. The molecule has 0 radical (unpaired) electrons. The second-order valence-electron chi connectivity index (χ2n) is 9.72. The zero-order valence-electron chi connectivity index (χ0n) is 20.6. The van der Waals surface area contributed by atoms with Gasteiger partial charge in [0, 0.05) is 28.8 Å². The van der Waals surface area contributed by atoms with Crippen LogP contribution in [-0.2, 0) is 6.42 Å². The average Bonchev–Trinajstić information content (AvgIpc) is 3.06. The summed E-state index contributed by atoms with van der Waals surface area (Å²) in [6.07, 6.45) is 0.786. The van der Waals surface area contributed by atoms with E-state index in [0.717, 1.165) is 45.7 Å². The zero-order chi connectivity index (χ0) is 23.4. The van der Waals surface area contributed by atoms with E-state index in [4.69, 9.17) is 28.4 Å². The normalized spacial score (nSPS) is 14.3. The Morgan fingerprint density at radius 2 is 1.41 bits per heavy atom. The van der Waals surface area contributed by atoms with Crippen molar-refractivity contribution in [3.8, 4) is 39.9 Å². The van der Waals surface area contributed by atoms with Crippen molar-refractivity contribution in [2.75, 3.05) is 35.0 Å². The second-order valence-corrected chi connectivity index (χ2v) is 14.4. The van der Waals surface area contributed by atoms with E-state index < -0.39 is 8.32 Å². The Kier molecular flexibility index (Phi) is 5.44. The molecule has 0 bridgehead atoms. The van der Waals surface area contributed by atoms with Gasteiger partial charge in [0.1, 0.15) is 5.75 Å². The monoisotopic (exact) mass is 455 g/mol. The van der Waals surface area contributed by atoms with Crippen LogP contribution in [0.15, 0.2) is 17.1 Å². The van der Waals surface area contributed by atoms with Gasteiger partial charge in [-0.25, -0.2) is 0 Å². The number of aliphatic imine (C=N–C) groups is 1. The number of rotatable bonds is 6. The first-order valence-corrected chi connectivity index (χ1v) is 13.8. The van der Waals surface area contributed by atoms with Crippen LogP contribution in [0.3, 0.4) is 0 Å². The molecule has 0 saturated heterocycles. The van der Waals surface area contributed by atoms with Crippen LogP contribution in [0, 0.1) is 0 Å². The SMILES string of the molecule is COc1cc2c(cc1O[Si](C)(C)C(C)(C)C)C1=NCCc3c(OC)c(OC)c(OC)c-2c31. The van der Waals surface area contributed by atoms with Gasteiger partial charge < -0.3 is 23.4 Å². The highest BCUT2D eigenvalue weighted by molar-refractivity contribution is 6.74. The van der Waals surface area contributed by atoms with Gasteiger partial charge in [0.05, 0.1) is 34.2 Å². The van der Waals surface area contributed by atoms with Crippen molar-refractivity contribution in [2.24, 2.45) is 4.99 Å². The molecular formula is C25H33NO5Si. The number of hydrogen-bond donors (Lipinski definition) is 0. The lowest BCUT2D eigenvalue weighted by Crippen LogP contribution is -2.44. The van der Waals surface area contributed by atoms with E-state index in [1.165, 1.54) is 0 Å². The van der Waals surface area contributed by atoms with E-state index in [9.17, 15) is 0 Å². The number of fused-ring (bicyclic) bond motifs is 3. The summed E-state index contributed by atoms with van der Waals surface area (Å²) in [6.45, 7) is 11.9. The molecule has 4 rings (SSSR count). The molecule has 2 aromatic rings. The van der Waals surface area contributed by atoms with E-state index in [2.05, 4.69) is 39.9 Å². The Balaban J connectivity index is 1.99. The highest BCUT2D eigenvalue weighted by Gasteiger charge is 2.42. The van der Waals surface area contributed by atoms with Crippen LogP contribution in [0.1, 0.15) is 37.5 Å². The molecule has 7 heteroatoms. The molecule has 0 atom stereocenters. The van der Waals surface area contributed by atoms with Gasteiger partial charge >= 0.3 is 0 Å². The van der Waals surface area contributed by atoms with E-state index in [0.29, 0.717) is 29.5 Å². The highest BCUT2D eigenvalue weighted by atomic mass is 28.4. The van der Waals surface area contributed by atoms with Gasteiger partial charge in [-0.1, -0.05) is 20.8 Å². The van der Waals surface area contributed by atoms with Gasteiger partial charge in [-0.15, -0.1) is 0 Å². The van der Waals surface area contributed by atoms with Gasteiger partial charge in [0.15, 0.2) is 17.2 Å². The van der Waals surface area contributed by atoms with E-state index in [1.54, 1.807) is 28.4 Å². The lowest BCUT2D eigenvalue weighted by atomic mass is 9.93. The highest BCUT2D eigenvalue weighted by Crippen LogP contribution is 2.56. The van der Waals surface area contributed by atoms with Crippen molar-refractivity contribution in [2.45, 2.75) is 45.3 Å². The third kappa shape index (κ3) is 3.17. The molecule has 0 amide bonds. The molecule has 0 spiro atoms. The van der Waals surface area contributed by atoms with Crippen LogP contribution in [0.4, 0.5) is 0 Å². The van der Waals surface area contributed by atoms with E-state index in [-0.39, 0.29) is 5.04 Å². The van der Waals surface area contributed by atoms with Gasteiger partial charge in [0.25, 0.3) is 8.32 Å². The third-order valence-corrected chi connectivity index (χ3v) is 11.3. The molecule has 0 saturated carbocycles. The molecule has 0 aromatic heterocycles. The Labute approximate surface area is 191 Å². The summed E-state index contributed by atoms with van der Waals surface area (Å²) in [5.74, 6) is 3.44. The van der Waals surface area contributed by atoms with Crippen molar-refractivity contribution in [3.05, 3.63) is 28.8 Å². The minimum Gasteiger partial charge on any atom is -0.541 e. The fraction of sp³-hybridized carbons (Fsp3) is 0.480. The quantitative estimate of drug-likeness (QED) is 0.461. The minimum atomic E-state index is -2.07. The summed E-state index contributed by atoms with van der Waals surface area (Å²) in [4.78, 5) is 4.91. The molecule has 0 fully saturated rings. The van der Waals surface area contributed by atoms with Crippen molar-refractivity contribution in [1.29, 1.82) is 0 Å². The van der Waals surface area contributed by atoms with Crippen LogP contribution < -0.4 is 23.4 Å². The third-order valence-electron chi connectivity index (χ3n) is 6.95. The number of hydrogen-bond acceptors (Lipinski definition) is 6. The van der Waals surface area contributed by atoms with Gasteiger partial charge in [-0.05, 0) is 42.2 Å². The molecule has 6 nitrogen and oxygen atoms in total. The summed E-state index contributed by atoms with van der Waals surface area (Å²) in [5.41, 5.74) is 6.15. The fourth-order valence-corrected chi connectivity index (χ4v) is 5.31. The minimum absolute atomic E-state index is 0.0689. The van der Waals surface area contributed by atoms with Crippen LogP contribution in [0.2, 0.25) is 18.1 Å². The first-order valence-electron chi connectivity index (χ1n) is 10.9. The largest absolute Gasteiger partial charge is 0.541 e. The predicted molar refractivity (Wildman–Crippen MR) is 130 cm³/mol. The molecule has 1 heterocycles. The van der Waals surface area contributed by atoms with E-state index >= 15 is 0 Å². The molecule has 0 N–H and O–H groups in total. The summed E-state index contributed by atoms with van der Waals surface area (Å²) in [6, 6.07) is 4.13. The zero-order valence-corrected chi connectivity index (χ0v) is 21.6. The van der Waals surface area contributed by atoms with Crippen molar-refractivity contribution in [1.82, 2.24) is 0 Å². The number of nitrogens with zero attached hydrogens (tertiary/aromatic N) is 1. The Morgan fingerprint density at radius 1 is 0.781 bits per heavy atom. The van der Waals surface area contributed by atoms with Crippen molar-refractivity contribution < 1.29 is 23.4 Å². The van der Waals surface area contributed by atoms with Crippen molar-refractivity contribution >= 4 is 14.0 Å². The molecule has 2 aromatic carbocycles.